The quantitative estimate of drug-likeness (QED) is 0.272. The first kappa shape index (κ1) is 24.9. The number of amides is 2. The van der Waals surface area contributed by atoms with Crippen LogP contribution in [-0.2, 0) is 32.6 Å². The number of fused-ring (bicyclic) bond motifs is 1. The molecule has 0 aliphatic carbocycles. The monoisotopic (exact) mass is 521 g/mol. The van der Waals surface area contributed by atoms with Crippen molar-refractivity contribution in [3.05, 3.63) is 36.2 Å². The van der Waals surface area contributed by atoms with Crippen LogP contribution in [0, 0.1) is 5.41 Å². The van der Waals surface area contributed by atoms with Gasteiger partial charge in [-0.2, -0.15) is 5.06 Å². The summed E-state index contributed by atoms with van der Waals surface area (Å²) in [5.74, 6) is -1.93. The molecule has 35 heavy (non-hydrogen) atoms. The lowest BCUT2D eigenvalue weighted by atomic mass is 9.89. The highest BCUT2D eigenvalue weighted by Crippen LogP contribution is 2.45. The van der Waals surface area contributed by atoms with Crippen LogP contribution in [0.3, 0.4) is 0 Å². The molecule has 0 radical (unpaired) electrons. The number of carbonyl (C=O) groups excluding carboxylic acids is 2. The molecular weight excluding hydrogens is 498 g/mol. The fourth-order valence-corrected chi connectivity index (χ4v) is 6.66. The van der Waals surface area contributed by atoms with Gasteiger partial charge in [0.25, 0.3) is 11.8 Å². The molecule has 2 fully saturated rings. The van der Waals surface area contributed by atoms with E-state index in [2.05, 4.69) is 10.2 Å². The van der Waals surface area contributed by atoms with Gasteiger partial charge in [0.2, 0.25) is 0 Å². The Bertz CT molecular complexity index is 1160. The van der Waals surface area contributed by atoms with Gasteiger partial charge in [0, 0.05) is 32.0 Å². The van der Waals surface area contributed by atoms with E-state index >= 15 is 0 Å². The minimum atomic E-state index is -1.26. The minimum absolute atomic E-state index is 0.0285. The zero-order chi connectivity index (χ0) is 25.3. The average molecular weight is 522 g/mol. The molecule has 14 heteroatoms. The first-order valence-electron chi connectivity index (χ1n) is 10.5. The Kier molecular flexibility index (Phi) is 6.94. The van der Waals surface area contributed by atoms with E-state index in [1.165, 1.54) is 28.2 Å². The van der Waals surface area contributed by atoms with Crippen molar-refractivity contribution < 1.29 is 34.2 Å². The number of nitrogens with zero attached hydrogens (tertiary/aromatic N) is 5. The molecule has 2 amide bonds. The number of carboxylic acid groups (broad SMARTS) is 2. The van der Waals surface area contributed by atoms with E-state index in [1.807, 2.05) is 0 Å². The van der Waals surface area contributed by atoms with Gasteiger partial charge >= 0.3 is 11.9 Å². The van der Waals surface area contributed by atoms with E-state index < -0.39 is 34.7 Å². The van der Waals surface area contributed by atoms with Crippen molar-refractivity contribution >= 4 is 47.3 Å². The van der Waals surface area contributed by atoms with Crippen molar-refractivity contribution in [3.8, 4) is 5.75 Å². The van der Waals surface area contributed by atoms with Crippen LogP contribution in [0.5, 0.6) is 5.75 Å². The first-order chi connectivity index (χ1) is 16.6. The lowest BCUT2D eigenvalue weighted by Crippen LogP contribution is -2.74. The molecule has 3 atom stereocenters. The lowest BCUT2D eigenvalue weighted by molar-refractivity contribution is -0.192. The Morgan fingerprint density at radius 2 is 1.97 bits per heavy atom. The number of carboxylic acids is 2. The molecule has 2 aliphatic rings. The molecule has 0 spiro atoms. The summed E-state index contributed by atoms with van der Waals surface area (Å²) in [6.07, 6.45) is -0.299. The van der Waals surface area contributed by atoms with Crippen molar-refractivity contribution in [2.45, 2.75) is 29.9 Å². The molecule has 0 saturated carbocycles. The van der Waals surface area contributed by atoms with Gasteiger partial charge in [-0.15, -0.1) is 22.0 Å². The van der Waals surface area contributed by atoms with Crippen molar-refractivity contribution in [2.75, 3.05) is 18.1 Å². The van der Waals surface area contributed by atoms with Crippen LogP contribution in [-0.4, -0.2) is 88.2 Å². The van der Waals surface area contributed by atoms with E-state index in [0.29, 0.717) is 10.9 Å². The minimum Gasteiger partial charge on any atom is -0.481 e. The van der Waals surface area contributed by atoms with Gasteiger partial charge in [-0.05, 0) is 12.1 Å². The second-order valence-corrected chi connectivity index (χ2v) is 10.3. The van der Waals surface area contributed by atoms with E-state index in [4.69, 9.17) is 9.94 Å². The number of aromatic nitrogens is 3. The Hall–Kier alpha value is -3.26. The third-order valence-electron chi connectivity index (χ3n) is 5.79. The fourth-order valence-electron chi connectivity index (χ4n) is 3.84. The van der Waals surface area contributed by atoms with Crippen molar-refractivity contribution in [3.63, 3.8) is 0 Å². The molecule has 12 nitrogen and oxygen atoms in total. The zero-order valence-corrected chi connectivity index (χ0v) is 20.5. The highest BCUT2D eigenvalue weighted by Gasteiger charge is 2.60. The maximum atomic E-state index is 13.0. The number of hydrogen-bond donors (Lipinski definition) is 2. The summed E-state index contributed by atoms with van der Waals surface area (Å²) in [7, 11) is 1.62. The largest absolute Gasteiger partial charge is 0.481 e. The van der Waals surface area contributed by atoms with E-state index in [-0.39, 0.29) is 36.2 Å². The second-order valence-electron chi connectivity index (χ2n) is 8.26. The predicted octanol–water partition coefficient (Wildman–Crippen LogP) is 0.731. The Morgan fingerprint density at radius 3 is 2.60 bits per heavy atom. The number of hydrogen-bond acceptors (Lipinski definition) is 9. The van der Waals surface area contributed by atoms with E-state index in [9.17, 15) is 24.3 Å². The Labute approximate surface area is 208 Å². The molecule has 1 aromatic heterocycles. The van der Waals surface area contributed by atoms with Crippen LogP contribution in [0.15, 0.2) is 35.5 Å². The molecular formula is C21H23N5O7S2. The summed E-state index contributed by atoms with van der Waals surface area (Å²) in [5, 5.41) is 27.9. The molecule has 0 bridgehead atoms. The number of carbonyl (C=O) groups is 4. The van der Waals surface area contributed by atoms with Gasteiger partial charge in [-0.25, -0.2) is 0 Å². The number of aliphatic carboxylic acids is 2. The molecule has 2 N–H and O–H groups in total. The topological polar surface area (TPSA) is 155 Å². The van der Waals surface area contributed by atoms with Gasteiger partial charge in [0.05, 0.1) is 0 Å². The number of hydroxylamine groups is 2. The van der Waals surface area contributed by atoms with Gasteiger partial charge in [-0.3, -0.25) is 19.2 Å². The average Bonchev–Trinajstić information content (AvgIpc) is 3.16. The SMILES string of the molecule is CC(=O)N(Oc1ccccc1)C1C(=O)N2CC(CSc3nnc(CC(=O)O)n3C)(C(=O)O)CS[C@H]12. The highest BCUT2D eigenvalue weighted by atomic mass is 32.2. The van der Waals surface area contributed by atoms with Crippen molar-refractivity contribution in [1.29, 1.82) is 0 Å². The third-order valence-corrected chi connectivity index (χ3v) is 8.68. The van der Waals surface area contributed by atoms with Crippen LogP contribution in [0.2, 0.25) is 0 Å². The van der Waals surface area contributed by atoms with Crippen LogP contribution >= 0.6 is 23.5 Å². The Morgan fingerprint density at radius 1 is 1.26 bits per heavy atom. The van der Waals surface area contributed by atoms with Gasteiger partial charge in [-0.1, -0.05) is 30.0 Å². The summed E-state index contributed by atoms with van der Waals surface area (Å²) in [4.78, 5) is 55.7. The maximum absolute atomic E-state index is 13.0. The number of thioether (sulfide) groups is 2. The zero-order valence-electron chi connectivity index (χ0n) is 18.9. The summed E-state index contributed by atoms with van der Waals surface area (Å²) < 4.78 is 1.52. The third kappa shape index (κ3) is 4.80. The van der Waals surface area contributed by atoms with E-state index in [0.717, 1.165) is 16.8 Å². The van der Waals surface area contributed by atoms with Crippen LogP contribution < -0.4 is 4.84 Å². The van der Waals surface area contributed by atoms with Gasteiger partial charge in [0.1, 0.15) is 23.0 Å². The maximum Gasteiger partial charge on any atom is 0.313 e. The van der Waals surface area contributed by atoms with Gasteiger partial charge < -0.3 is 24.5 Å². The van der Waals surface area contributed by atoms with Crippen molar-refractivity contribution in [2.24, 2.45) is 12.5 Å². The van der Waals surface area contributed by atoms with Crippen LogP contribution in [0.4, 0.5) is 0 Å². The molecule has 4 rings (SSSR count). The summed E-state index contributed by atoms with van der Waals surface area (Å²) >= 11 is 2.43. The number of para-hydroxylation sites is 1. The highest BCUT2D eigenvalue weighted by molar-refractivity contribution is 8.00. The van der Waals surface area contributed by atoms with Gasteiger partial charge in [0.15, 0.2) is 16.9 Å². The molecule has 2 saturated heterocycles. The molecule has 2 aliphatic heterocycles. The normalized spacial score (nSPS) is 23.3. The summed E-state index contributed by atoms with van der Waals surface area (Å²) in [5.41, 5.74) is -1.26. The van der Waals surface area contributed by atoms with E-state index in [1.54, 1.807) is 37.4 Å². The summed E-state index contributed by atoms with van der Waals surface area (Å²) in [6.45, 7) is 1.28. The smallest absolute Gasteiger partial charge is 0.313 e. The first-order valence-corrected chi connectivity index (χ1v) is 12.6. The molecule has 2 aromatic rings. The number of rotatable bonds is 9. The fraction of sp³-hybridized carbons (Fsp3) is 0.429. The number of benzene rings is 1. The van der Waals surface area contributed by atoms with Crippen LogP contribution in [0.25, 0.3) is 0 Å². The standard InChI is InChI=1S/C21H23N5O7S2/c1-12(27)26(33-13-6-4-3-5-7-13)16-17(30)25-9-21(19(31)32,10-34-18(16)25)11-35-20-23-22-14(24(20)2)8-15(28)29/h3-7,16,18H,8-11H2,1-2H3,(H,28,29)(H,31,32)/t16?,18-,21?/m1/s1. The lowest BCUT2D eigenvalue weighted by Gasteiger charge is -2.55. The van der Waals surface area contributed by atoms with Crippen LogP contribution in [0.1, 0.15) is 12.7 Å². The van der Waals surface area contributed by atoms with Crippen molar-refractivity contribution in [1.82, 2.24) is 24.7 Å². The number of β-lactam (4-membered cyclic amide) rings is 1. The Balaban J connectivity index is 1.46. The molecule has 2 unspecified atom stereocenters. The predicted molar refractivity (Wildman–Crippen MR) is 124 cm³/mol. The summed E-state index contributed by atoms with van der Waals surface area (Å²) in [6, 6.07) is 7.79. The second kappa shape index (κ2) is 9.77. The molecule has 1 aromatic carbocycles. The molecule has 3 heterocycles. The molecule has 186 valence electrons.